The van der Waals surface area contributed by atoms with Gasteiger partial charge in [-0.3, -0.25) is 19.8 Å². The van der Waals surface area contributed by atoms with Crippen LogP contribution in [0.25, 0.3) is 22.0 Å². The third-order valence-corrected chi connectivity index (χ3v) is 11.8. The van der Waals surface area contributed by atoms with Crippen LogP contribution < -0.4 is 30.5 Å². The summed E-state index contributed by atoms with van der Waals surface area (Å²) in [6.45, 7) is 10.1. The van der Waals surface area contributed by atoms with Gasteiger partial charge in [0.15, 0.2) is 0 Å². The van der Waals surface area contributed by atoms with Gasteiger partial charge in [-0.1, -0.05) is 18.2 Å². The number of carbonyl (C=O) groups excluding carboxylic acids is 2. The SMILES string of the molecule is Cc1c(-c2ccc3cnc(Nc4ccc(N5CCN(CC6CCN(c7ccc(C8CCC(=O)NC8=O)cc7F)CC6)CC5)cc4)nc3c2)cnc2c1NCCO2. The molecule has 3 fully saturated rings. The van der Waals surface area contributed by atoms with Crippen molar-refractivity contribution in [3.8, 4) is 17.0 Å². The lowest BCUT2D eigenvalue weighted by molar-refractivity contribution is -0.134. The highest BCUT2D eigenvalue weighted by Crippen LogP contribution is 2.36. The zero-order valence-corrected chi connectivity index (χ0v) is 31.6. The number of imide groups is 1. The molecule has 0 saturated carbocycles. The summed E-state index contributed by atoms with van der Waals surface area (Å²) < 4.78 is 21.0. The molecule has 5 aromatic rings. The molecule has 3 N–H and O–H groups in total. The zero-order chi connectivity index (χ0) is 38.2. The molecule has 4 aliphatic heterocycles. The molecule has 288 valence electrons. The number of carbonyl (C=O) groups is 2. The van der Waals surface area contributed by atoms with E-state index in [1.807, 2.05) is 24.5 Å². The highest BCUT2D eigenvalue weighted by atomic mass is 19.1. The van der Waals surface area contributed by atoms with E-state index in [2.05, 4.69) is 83.9 Å². The third-order valence-electron chi connectivity index (χ3n) is 11.8. The fraction of sp³-hybridized carbons (Fsp3) is 0.372. The summed E-state index contributed by atoms with van der Waals surface area (Å²) in [5.41, 5.74) is 8.35. The Bertz CT molecular complexity index is 2270. The van der Waals surface area contributed by atoms with Crippen molar-refractivity contribution in [1.29, 1.82) is 0 Å². The molecule has 9 rings (SSSR count). The number of anilines is 5. The van der Waals surface area contributed by atoms with Crippen LogP contribution in [0.3, 0.4) is 0 Å². The summed E-state index contributed by atoms with van der Waals surface area (Å²) in [6, 6.07) is 19.8. The number of nitrogens with one attached hydrogen (secondary N) is 3. The second-order valence-electron chi connectivity index (χ2n) is 15.3. The van der Waals surface area contributed by atoms with Crippen molar-refractivity contribution in [3.05, 3.63) is 90.0 Å². The van der Waals surface area contributed by atoms with Crippen molar-refractivity contribution >= 4 is 51.4 Å². The number of pyridine rings is 1. The van der Waals surface area contributed by atoms with E-state index in [4.69, 9.17) is 9.72 Å². The third kappa shape index (κ3) is 7.43. The Labute approximate surface area is 325 Å². The number of benzene rings is 3. The number of fused-ring (bicyclic) bond motifs is 2. The Morgan fingerprint density at radius 2 is 1.71 bits per heavy atom. The molecule has 2 amide bonds. The maximum atomic E-state index is 15.3. The van der Waals surface area contributed by atoms with Gasteiger partial charge in [-0.2, -0.15) is 0 Å². The van der Waals surface area contributed by atoms with Crippen molar-refractivity contribution in [1.82, 2.24) is 25.2 Å². The number of amides is 2. The quantitative estimate of drug-likeness (QED) is 0.156. The van der Waals surface area contributed by atoms with E-state index in [9.17, 15) is 9.59 Å². The fourth-order valence-corrected chi connectivity index (χ4v) is 8.57. The summed E-state index contributed by atoms with van der Waals surface area (Å²) in [6.07, 6.45) is 6.46. The van der Waals surface area contributed by atoms with Crippen molar-refractivity contribution in [3.63, 3.8) is 0 Å². The number of hydrogen-bond acceptors (Lipinski definition) is 11. The Kier molecular flexibility index (Phi) is 9.84. The average Bonchev–Trinajstić information content (AvgIpc) is 3.22. The summed E-state index contributed by atoms with van der Waals surface area (Å²) >= 11 is 0. The van der Waals surface area contributed by atoms with Gasteiger partial charge < -0.3 is 25.2 Å². The predicted octanol–water partition coefficient (Wildman–Crippen LogP) is 6.25. The maximum absolute atomic E-state index is 15.3. The first-order chi connectivity index (χ1) is 27.3. The number of aromatic nitrogens is 3. The number of piperazine rings is 1. The minimum atomic E-state index is -0.478. The lowest BCUT2D eigenvalue weighted by Gasteiger charge is -2.40. The smallest absolute Gasteiger partial charge is 0.237 e. The van der Waals surface area contributed by atoms with Crippen molar-refractivity contribution in [2.75, 3.05) is 79.4 Å². The predicted molar refractivity (Wildman–Crippen MR) is 216 cm³/mol. The molecular weight excluding hydrogens is 710 g/mol. The van der Waals surface area contributed by atoms with E-state index in [1.54, 1.807) is 6.07 Å². The zero-order valence-electron chi connectivity index (χ0n) is 31.6. The number of hydrogen-bond donors (Lipinski definition) is 3. The van der Waals surface area contributed by atoms with Gasteiger partial charge in [-0.25, -0.2) is 19.3 Å². The van der Waals surface area contributed by atoms with E-state index in [0.717, 1.165) is 104 Å². The lowest BCUT2D eigenvalue weighted by atomic mass is 9.90. The topological polar surface area (TPSA) is 128 Å². The van der Waals surface area contributed by atoms with Gasteiger partial charge in [0.05, 0.1) is 17.1 Å². The molecule has 13 heteroatoms. The molecule has 3 saturated heterocycles. The summed E-state index contributed by atoms with van der Waals surface area (Å²) in [4.78, 5) is 44.9. The lowest BCUT2D eigenvalue weighted by Crippen LogP contribution is -2.49. The second-order valence-corrected chi connectivity index (χ2v) is 15.3. The molecule has 1 atom stereocenters. The summed E-state index contributed by atoms with van der Waals surface area (Å²) in [5, 5.41) is 10.1. The second kappa shape index (κ2) is 15.4. The van der Waals surface area contributed by atoms with E-state index in [-0.39, 0.29) is 24.1 Å². The Morgan fingerprint density at radius 3 is 2.50 bits per heavy atom. The highest BCUT2D eigenvalue weighted by Gasteiger charge is 2.30. The van der Waals surface area contributed by atoms with Crippen molar-refractivity contribution < 1.29 is 18.7 Å². The van der Waals surface area contributed by atoms with Crippen LogP contribution in [0.4, 0.5) is 33.1 Å². The number of piperidine rings is 2. The summed E-state index contributed by atoms with van der Waals surface area (Å²) in [5.74, 6) is 0.398. The number of halogens is 1. The van der Waals surface area contributed by atoms with Crippen LogP contribution in [0.15, 0.2) is 73.1 Å². The molecule has 3 aromatic carbocycles. The molecule has 0 aliphatic carbocycles. The van der Waals surface area contributed by atoms with Crippen LogP contribution in [0.1, 0.15) is 42.7 Å². The molecule has 56 heavy (non-hydrogen) atoms. The minimum absolute atomic E-state index is 0.263. The highest BCUT2D eigenvalue weighted by molar-refractivity contribution is 6.01. The number of rotatable bonds is 8. The van der Waals surface area contributed by atoms with Gasteiger partial charge in [-0.15, -0.1) is 0 Å². The molecule has 4 aliphatic rings. The van der Waals surface area contributed by atoms with Gasteiger partial charge in [0.1, 0.15) is 18.1 Å². The van der Waals surface area contributed by atoms with Crippen LogP contribution in [0.5, 0.6) is 5.88 Å². The van der Waals surface area contributed by atoms with E-state index < -0.39 is 5.92 Å². The minimum Gasteiger partial charge on any atom is -0.474 e. The van der Waals surface area contributed by atoms with Crippen LogP contribution in [0.2, 0.25) is 0 Å². The standard InChI is InChI=1S/C43H46FN9O3/c1-27-35(25-46-42-40(27)45-14-21-56-42)30-2-3-31-24-47-43(49-37(31)23-30)48-32-5-7-33(8-6-32)52-19-17-51(18-20-52)26-28-12-15-53(16-13-28)38-10-4-29(22-36(38)44)34-9-11-39(54)50-41(34)55/h2-8,10,22-25,28,34,45H,9,11-21,26H2,1H3,(H,47,48,49)(H,50,54,55). The van der Waals surface area contributed by atoms with E-state index in [0.29, 0.717) is 42.0 Å². The summed E-state index contributed by atoms with van der Waals surface area (Å²) in [7, 11) is 0. The van der Waals surface area contributed by atoms with E-state index >= 15 is 4.39 Å². The van der Waals surface area contributed by atoms with Crippen molar-refractivity contribution in [2.24, 2.45) is 5.92 Å². The molecule has 0 bridgehead atoms. The van der Waals surface area contributed by atoms with Gasteiger partial charge >= 0.3 is 0 Å². The monoisotopic (exact) mass is 755 g/mol. The van der Waals surface area contributed by atoms with E-state index in [1.165, 1.54) is 11.8 Å². The first-order valence-electron chi connectivity index (χ1n) is 19.7. The fourth-order valence-electron chi connectivity index (χ4n) is 8.57. The molecule has 12 nitrogen and oxygen atoms in total. The van der Waals surface area contributed by atoms with Gasteiger partial charge in [0, 0.05) is 93.5 Å². The largest absolute Gasteiger partial charge is 0.474 e. The number of ether oxygens (including phenoxy) is 1. The van der Waals surface area contributed by atoms with Crippen molar-refractivity contribution in [2.45, 2.75) is 38.5 Å². The number of nitrogens with zero attached hydrogens (tertiary/aromatic N) is 6. The van der Waals surface area contributed by atoms with Crippen LogP contribution >= 0.6 is 0 Å². The van der Waals surface area contributed by atoms with Gasteiger partial charge in [0.2, 0.25) is 23.6 Å². The molecule has 6 heterocycles. The first kappa shape index (κ1) is 35.9. The first-order valence-corrected chi connectivity index (χ1v) is 19.7. The molecule has 0 spiro atoms. The molecular formula is C43H46FN9O3. The Morgan fingerprint density at radius 1 is 0.893 bits per heavy atom. The Balaban J connectivity index is 0.756. The maximum Gasteiger partial charge on any atom is 0.237 e. The van der Waals surface area contributed by atoms with Crippen LogP contribution in [-0.2, 0) is 9.59 Å². The van der Waals surface area contributed by atoms with Gasteiger partial charge in [-0.05, 0) is 91.3 Å². The molecule has 1 unspecified atom stereocenters. The Hall–Kier alpha value is -5.82. The molecule has 2 aromatic heterocycles. The van der Waals surface area contributed by atoms with Crippen LogP contribution in [0, 0.1) is 18.7 Å². The average molecular weight is 756 g/mol. The van der Waals surface area contributed by atoms with Crippen LogP contribution in [-0.4, -0.2) is 90.6 Å². The molecule has 0 radical (unpaired) electrons. The van der Waals surface area contributed by atoms with Gasteiger partial charge in [0.25, 0.3) is 0 Å². The normalized spacial score (nSPS) is 19.3.